The molecule has 1 fully saturated rings. The minimum Gasteiger partial charge on any atom is -0.456 e. The number of esters is 3. The fraction of sp³-hybridized carbons (Fsp3) is 0.750. The zero-order chi connectivity index (χ0) is 15.4. The number of hydrogen-bond donors (Lipinski definition) is 0. The first-order valence-electron chi connectivity index (χ1n) is 6.03. The number of halogens is 1. The van der Waals surface area contributed by atoms with Crippen molar-refractivity contribution in [1.29, 1.82) is 0 Å². The molecule has 0 aromatic rings. The molecule has 0 radical (unpaired) electrons. The van der Waals surface area contributed by atoms with Crippen molar-refractivity contribution in [2.45, 2.75) is 57.1 Å². The van der Waals surface area contributed by atoms with Gasteiger partial charge in [-0.3, -0.25) is 14.4 Å². The zero-order valence-corrected chi connectivity index (χ0v) is 13.2. The van der Waals surface area contributed by atoms with Crippen LogP contribution in [0.2, 0.25) is 0 Å². The number of hydrogen-bond acceptors (Lipinski definition) is 7. The molecule has 8 heteroatoms. The van der Waals surface area contributed by atoms with Gasteiger partial charge in [0.2, 0.25) is 0 Å². The molecule has 7 nitrogen and oxygen atoms in total. The molecule has 5 atom stereocenters. The molecule has 0 aliphatic carbocycles. The summed E-state index contributed by atoms with van der Waals surface area (Å²) < 4.78 is 20.9. The summed E-state index contributed by atoms with van der Waals surface area (Å²) in [5.74, 6) is -1.67. The van der Waals surface area contributed by atoms with Crippen molar-refractivity contribution in [1.82, 2.24) is 0 Å². The highest BCUT2D eigenvalue weighted by molar-refractivity contribution is 9.09. The average Bonchev–Trinajstić information content (AvgIpc) is 2.27. The summed E-state index contributed by atoms with van der Waals surface area (Å²) in [4.78, 5) is 33.5. The molecule has 0 amide bonds. The van der Waals surface area contributed by atoms with Crippen LogP contribution < -0.4 is 0 Å². The molecule has 114 valence electrons. The highest BCUT2D eigenvalue weighted by Crippen LogP contribution is 2.31. The van der Waals surface area contributed by atoms with E-state index in [1.807, 2.05) is 0 Å². The van der Waals surface area contributed by atoms with E-state index < -0.39 is 47.3 Å². The van der Waals surface area contributed by atoms with Crippen molar-refractivity contribution >= 4 is 33.8 Å². The van der Waals surface area contributed by atoms with E-state index in [0.29, 0.717) is 0 Å². The molecule has 0 N–H and O–H groups in total. The van der Waals surface area contributed by atoms with Gasteiger partial charge in [-0.2, -0.15) is 0 Å². The quantitative estimate of drug-likeness (QED) is 0.424. The maximum Gasteiger partial charge on any atom is 0.303 e. The Labute approximate surface area is 125 Å². The first-order chi connectivity index (χ1) is 9.22. The van der Waals surface area contributed by atoms with Gasteiger partial charge in [-0.1, -0.05) is 15.9 Å². The Morgan fingerprint density at radius 2 is 1.25 bits per heavy atom. The summed E-state index contributed by atoms with van der Waals surface area (Å²) in [5.41, 5.74) is 0. The lowest BCUT2D eigenvalue weighted by Gasteiger charge is -2.41. The van der Waals surface area contributed by atoms with E-state index in [0.717, 1.165) is 0 Å². The molecule has 1 aliphatic rings. The Morgan fingerprint density at radius 1 is 0.850 bits per heavy atom. The monoisotopic (exact) mass is 352 g/mol. The number of carbonyl (C=O) groups is 3. The number of alkyl halides is 1. The highest BCUT2D eigenvalue weighted by Gasteiger charge is 2.49. The molecule has 0 spiro atoms. The van der Waals surface area contributed by atoms with Gasteiger partial charge < -0.3 is 18.9 Å². The lowest BCUT2D eigenvalue weighted by atomic mass is 10.00. The van der Waals surface area contributed by atoms with Crippen LogP contribution in [0, 0.1) is 0 Å². The fourth-order valence-corrected chi connectivity index (χ4v) is 2.70. The normalized spacial score (nSPS) is 33.1. The number of rotatable bonds is 3. The third-order valence-electron chi connectivity index (χ3n) is 2.62. The molecule has 20 heavy (non-hydrogen) atoms. The van der Waals surface area contributed by atoms with Crippen LogP contribution in [0.4, 0.5) is 0 Å². The van der Waals surface area contributed by atoms with E-state index in [-0.39, 0.29) is 0 Å². The lowest BCUT2D eigenvalue weighted by molar-refractivity contribution is -0.227. The Morgan fingerprint density at radius 3 is 1.70 bits per heavy atom. The molecule has 0 bridgehead atoms. The van der Waals surface area contributed by atoms with Crippen LogP contribution >= 0.6 is 15.9 Å². The topological polar surface area (TPSA) is 88.1 Å². The summed E-state index contributed by atoms with van der Waals surface area (Å²) in [6, 6.07) is 0. The van der Waals surface area contributed by atoms with E-state index in [2.05, 4.69) is 15.9 Å². The number of carbonyl (C=O) groups excluding carboxylic acids is 3. The second kappa shape index (κ2) is 7.03. The maximum absolute atomic E-state index is 11.2. The van der Waals surface area contributed by atoms with Gasteiger partial charge in [0.05, 0.1) is 6.10 Å². The second-order valence-corrected chi connectivity index (χ2v) is 5.32. The molecule has 1 rings (SSSR count). The van der Waals surface area contributed by atoms with E-state index in [4.69, 9.17) is 18.9 Å². The third kappa shape index (κ3) is 4.45. The molecule has 0 unspecified atom stereocenters. The zero-order valence-electron chi connectivity index (χ0n) is 11.6. The summed E-state index contributed by atoms with van der Waals surface area (Å²) in [6.07, 6.45) is -3.22. The Kier molecular flexibility index (Phi) is 5.94. The van der Waals surface area contributed by atoms with Crippen LogP contribution in [-0.2, 0) is 33.3 Å². The molecular formula is C12H17BrO7. The molecule has 1 heterocycles. The molecule has 1 aliphatic heterocycles. The van der Waals surface area contributed by atoms with Gasteiger partial charge in [-0.05, 0) is 6.92 Å². The summed E-state index contributed by atoms with van der Waals surface area (Å²) in [5, 5.41) is -0.669. The SMILES string of the molecule is CC(=O)O[C@@H]1[C@H](OC(C)=O)[C@H](Br)O[C@H](C)[C@H]1OC(C)=O. The van der Waals surface area contributed by atoms with Gasteiger partial charge >= 0.3 is 17.9 Å². The van der Waals surface area contributed by atoms with Crippen molar-refractivity contribution in [3.05, 3.63) is 0 Å². The first-order valence-corrected chi connectivity index (χ1v) is 6.95. The van der Waals surface area contributed by atoms with Gasteiger partial charge in [0, 0.05) is 20.8 Å². The first kappa shape index (κ1) is 16.9. The Bertz CT molecular complexity index is 369. The smallest absolute Gasteiger partial charge is 0.303 e. The van der Waals surface area contributed by atoms with Crippen molar-refractivity contribution in [2.24, 2.45) is 0 Å². The fourth-order valence-electron chi connectivity index (χ4n) is 1.96. The van der Waals surface area contributed by atoms with E-state index in [9.17, 15) is 14.4 Å². The van der Waals surface area contributed by atoms with Crippen LogP contribution in [0.5, 0.6) is 0 Å². The maximum atomic E-state index is 11.2. The highest BCUT2D eigenvalue weighted by atomic mass is 79.9. The van der Waals surface area contributed by atoms with Crippen LogP contribution in [0.3, 0.4) is 0 Å². The Hall–Kier alpha value is -1.15. The lowest BCUT2D eigenvalue weighted by Crippen LogP contribution is -2.59. The van der Waals surface area contributed by atoms with E-state index in [1.165, 1.54) is 20.8 Å². The van der Waals surface area contributed by atoms with Crippen LogP contribution in [0.25, 0.3) is 0 Å². The van der Waals surface area contributed by atoms with Crippen molar-refractivity contribution < 1.29 is 33.3 Å². The van der Waals surface area contributed by atoms with Gasteiger partial charge in [-0.25, -0.2) is 0 Å². The van der Waals surface area contributed by atoms with Crippen molar-refractivity contribution in [3.63, 3.8) is 0 Å². The second-order valence-electron chi connectivity index (χ2n) is 4.41. The van der Waals surface area contributed by atoms with E-state index >= 15 is 0 Å². The van der Waals surface area contributed by atoms with Gasteiger partial charge in [-0.15, -0.1) is 0 Å². The Balaban J connectivity index is 3.01. The predicted molar refractivity (Wildman–Crippen MR) is 69.9 cm³/mol. The predicted octanol–water partition coefficient (Wildman–Crippen LogP) is 0.921. The van der Waals surface area contributed by atoms with Crippen LogP contribution in [-0.4, -0.2) is 47.3 Å². The van der Waals surface area contributed by atoms with Crippen LogP contribution in [0.15, 0.2) is 0 Å². The average molecular weight is 353 g/mol. The number of ether oxygens (including phenoxy) is 4. The largest absolute Gasteiger partial charge is 0.456 e. The van der Waals surface area contributed by atoms with Crippen molar-refractivity contribution in [3.8, 4) is 0 Å². The van der Waals surface area contributed by atoms with Gasteiger partial charge in [0.1, 0.15) is 0 Å². The standard InChI is InChI=1S/C12H17BrO7/c1-5-9(18-6(2)14)10(19-7(3)15)11(12(13)17-5)20-8(4)16/h5,9-12H,1-4H3/t5-,9-,10+,11+,12-/m1/s1. The minimum atomic E-state index is -0.937. The summed E-state index contributed by atoms with van der Waals surface area (Å²) in [7, 11) is 0. The van der Waals surface area contributed by atoms with E-state index in [1.54, 1.807) is 6.92 Å². The minimum absolute atomic E-state index is 0.528. The summed E-state index contributed by atoms with van der Waals surface area (Å²) in [6.45, 7) is 5.35. The summed E-state index contributed by atoms with van der Waals surface area (Å²) >= 11 is 3.22. The van der Waals surface area contributed by atoms with Crippen LogP contribution in [0.1, 0.15) is 27.7 Å². The molecule has 0 saturated carbocycles. The van der Waals surface area contributed by atoms with Gasteiger partial charge in [0.25, 0.3) is 0 Å². The molecule has 0 aromatic carbocycles. The molecule has 1 saturated heterocycles. The van der Waals surface area contributed by atoms with Gasteiger partial charge in [0.15, 0.2) is 23.3 Å². The molecule has 0 aromatic heterocycles. The molecular weight excluding hydrogens is 336 g/mol. The third-order valence-corrected chi connectivity index (χ3v) is 3.36. The van der Waals surface area contributed by atoms with Crippen molar-refractivity contribution in [2.75, 3.05) is 0 Å².